The monoisotopic (exact) mass is 322 g/mol. The standard InChI is InChI=1S/C22H30N2/c1-23(17-19-10-5-3-6-11-19)21-14-9-15-22(16-21)24(2)18-20-12-7-4-8-13-20/h3-8,10-13,21-22H,9,14-18H2,1-2H3. The molecule has 2 nitrogen and oxygen atoms in total. The van der Waals surface area contributed by atoms with E-state index in [2.05, 4.69) is 84.6 Å². The molecule has 2 aromatic rings. The molecule has 1 aliphatic carbocycles. The molecule has 0 spiro atoms. The van der Waals surface area contributed by atoms with Crippen LogP contribution in [0.25, 0.3) is 0 Å². The molecule has 1 saturated carbocycles. The predicted molar refractivity (Wildman–Crippen MR) is 102 cm³/mol. The van der Waals surface area contributed by atoms with E-state index in [1.165, 1.54) is 36.8 Å². The van der Waals surface area contributed by atoms with Gasteiger partial charge in [-0.05, 0) is 44.5 Å². The zero-order valence-corrected chi connectivity index (χ0v) is 15.1. The number of rotatable bonds is 6. The van der Waals surface area contributed by atoms with Gasteiger partial charge in [0.15, 0.2) is 0 Å². The highest BCUT2D eigenvalue weighted by Crippen LogP contribution is 2.27. The van der Waals surface area contributed by atoms with Crippen LogP contribution < -0.4 is 0 Å². The normalized spacial score (nSPS) is 21.3. The summed E-state index contributed by atoms with van der Waals surface area (Å²) in [6, 6.07) is 23.1. The molecule has 0 aromatic heterocycles. The second-order valence-electron chi connectivity index (χ2n) is 7.28. The van der Waals surface area contributed by atoms with Gasteiger partial charge in [0.25, 0.3) is 0 Å². The Morgan fingerprint density at radius 1 is 0.708 bits per heavy atom. The molecule has 0 radical (unpaired) electrons. The molecule has 24 heavy (non-hydrogen) atoms. The third-order valence-electron chi connectivity index (χ3n) is 5.42. The number of nitrogens with zero attached hydrogens (tertiary/aromatic N) is 2. The van der Waals surface area contributed by atoms with Gasteiger partial charge in [-0.2, -0.15) is 0 Å². The average molecular weight is 322 g/mol. The Morgan fingerprint density at radius 2 is 1.12 bits per heavy atom. The molecule has 3 rings (SSSR count). The predicted octanol–water partition coefficient (Wildman–Crippen LogP) is 4.56. The first-order valence-corrected chi connectivity index (χ1v) is 9.20. The quantitative estimate of drug-likeness (QED) is 0.769. The molecule has 0 bridgehead atoms. The fourth-order valence-corrected chi connectivity index (χ4v) is 3.94. The van der Waals surface area contributed by atoms with E-state index in [1.807, 2.05) is 0 Å². The molecule has 0 amide bonds. The van der Waals surface area contributed by atoms with Crippen LogP contribution in [0.4, 0.5) is 0 Å². The maximum atomic E-state index is 2.55. The summed E-state index contributed by atoms with van der Waals surface area (Å²) in [5.41, 5.74) is 2.83. The minimum Gasteiger partial charge on any atom is -0.299 e. The maximum Gasteiger partial charge on any atom is 0.0233 e. The van der Waals surface area contributed by atoms with Crippen LogP contribution in [-0.4, -0.2) is 36.0 Å². The highest BCUT2D eigenvalue weighted by molar-refractivity contribution is 5.15. The topological polar surface area (TPSA) is 6.48 Å². The molecule has 2 unspecified atom stereocenters. The average Bonchev–Trinajstić information content (AvgIpc) is 2.63. The van der Waals surface area contributed by atoms with Crippen LogP contribution in [0.3, 0.4) is 0 Å². The first-order valence-electron chi connectivity index (χ1n) is 9.20. The lowest BCUT2D eigenvalue weighted by molar-refractivity contribution is 0.106. The van der Waals surface area contributed by atoms with E-state index in [9.17, 15) is 0 Å². The first kappa shape index (κ1) is 17.2. The molecule has 0 N–H and O–H groups in total. The largest absolute Gasteiger partial charge is 0.299 e. The Hall–Kier alpha value is -1.64. The molecule has 2 aromatic carbocycles. The van der Waals surface area contributed by atoms with Crippen molar-refractivity contribution in [2.75, 3.05) is 14.1 Å². The van der Waals surface area contributed by atoms with Gasteiger partial charge in [-0.15, -0.1) is 0 Å². The lowest BCUT2D eigenvalue weighted by Crippen LogP contribution is -2.43. The second-order valence-corrected chi connectivity index (χ2v) is 7.28. The molecule has 1 fully saturated rings. The Bertz CT molecular complexity index is 542. The van der Waals surface area contributed by atoms with Crippen LogP contribution in [0, 0.1) is 0 Å². The van der Waals surface area contributed by atoms with E-state index in [0.29, 0.717) is 12.1 Å². The summed E-state index contributed by atoms with van der Waals surface area (Å²) < 4.78 is 0. The highest BCUT2D eigenvalue weighted by atomic mass is 15.2. The van der Waals surface area contributed by atoms with Crippen molar-refractivity contribution in [2.24, 2.45) is 0 Å². The second kappa shape index (κ2) is 8.46. The van der Waals surface area contributed by atoms with Gasteiger partial charge in [0.05, 0.1) is 0 Å². The van der Waals surface area contributed by atoms with E-state index in [-0.39, 0.29) is 0 Å². The van der Waals surface area contributed by atoms with Gasteiger partial charge in [-0.3, -0.25) is 9.80 Å². The summed E-state index contributed by atoms with van der Waals surface area (Å²) >= 11 is 0. The molecule has 128 valence electrons. The van der Waals surface area contributed by atoms with Crippen LogP contribution in [0.2, 0.25) is 0 Å². The van der Waals surface area contributed by atoms with Crippen molar-refractivity contribution in [3.8, 4) is 0 Å². The van der Waals surface area contributed by atoms with Crippen molar-refractivity contribution < 1.29 is 0 Å². The van der Waals surface area contributed by atoms with Crippen molar-refractivity contribution >= 4 is 0 Å². The maximum absolute atomic E-state index is 2.55. The van der Waals surface area contributed by atoms with Gasteiger partial charge in [0, 0.05) is 25.2 Å². The summed E-state index contributed by atoms with van der Waals surface area (Å²) in [6.45, 7) is 2.11. The van der Waals surface area contributed by atoms with Crippen LogP contribution in [0.15, 0.2) is 60.7 Å². The summed E-state index contributed by atoms with van der Waals surface area (Å²) in [5.74, 6) is 0. The molecular formula is C22H30N2. The zero-order valence-electron chi connectivity index (χ0n) is 15.1. The van der Waals surface area contributed by atoms with Crippen molar-refractivity contribution in [1.82, 2.24) is 9.80 Å². The summed E-state index contributed by atoms with van der Waals surface area (Å²) in [5, 5.41) is 0. The van der Waals surface area contributed by atoms with Gasteiger partial charge < -0.3 is 0 Å². The highest BCUT2D eigenvalue weighted by Gasteiger charge is 2.27. The lowest BCUT2D eigenvalue weighted by Gasteiger charge is -2.39. The van der Waals surface area contributed by atoms with Crippen molar-refractivity contribution in [2.45, 2.75) is 50.9 Å². The van der Waals surface area contributed by atoms with Crippen LogP contribution in [-0.2, 0) is 13.1 Å². The summed E-state index contributed by atoms with van der Waals surface area (Å²) in [6.07, 6.45) is 5.29. The van der Waals surface area contributed by atoms with Gasteiger partial charge in [-0.1, -0.05) is 67.1 Å². The minimum atomic E-state index is 0.696. The van der Waals surface area contributed by atoms with E-state index in [1.54, 1.807) is 0 Å². The molecular weight excluding hydrogens is 292 g/mol. The number of hydrogen-bond acceptors (Lipinski definition) is 2. The summed E-state index contributed by atoms with van der Waals surface area (Å²) in [4.78, 5) is 5.11. The fourth-order valence-electron chi connectivity index (χ4n) is 3.94. The van der Waals surface area contributed by atoms with Crippen LogP contribution >= 0.6 is 0 Å². The molecule has 0 aliphatic heterocycles. The zero-order chi connectivity index (χ0) is 16.8. The van der Waals surface area contributed by atoms with Crippen molar-refractivity contribution in [3.05, 3.63) is 71.8 Å². The fraction of sp³-hybridized carbons (Fsp3) is 0.455. The molecule has 1 aliphatic rings. The number of benzene rings is 2. The minimum absolute atomic E-state index is 0.696. The van der Waals surface area contributed by atoms with Gasteiger partial charge >= 0.3 is 0 Å². The van der Waals surface area contributed by atoms with Crippen LogP contribution in [0.1, 0.15) is 36.8 Å². The smallest absolute Gasteiger partial charge is 0.0233 e. The van der Waals surface area contributed by atoms with Gasteiger partial charge in [0.2, 0.25) is 0 Å². The Morgan fingerprint density at radius 3 is 1.54 bits per heavy atom. The van der Waals surface area contributed by atoms with E-state index >= 15 is 0 Å². The third kappa shape index (κ3) is 4.68. The molecule has 2 atom stereocenters. The number of hydrogen-bond donors (Lipinski definition) is 0. The van der Waals surface area contributed by atoms with Gasteiger partial charge in [0.1, 0.15) is 0 Å². The first-order chi connectivity index (χ1) is 11.7. The Balaban J connectivity index is 1.55. The van der Waals surface area contributed by atoms with Gasteiger partial charge in [-0.25, -0.2) is 0 Å². The lowest BCUT2D eigenvalue weighted by atomic mass is 9.89. The molecule has 2 heteroatoms. The van der Waals surface area contributed by atoms with E-state index < -0.39 is 0 Å². The SMILES string of the molecule is CN(Cc1ccccc1)C1CCCC(N(C)Cc2ccccc2)C1. The van der Waals surface area contributed by atoms with Crippen molar-refractivity contribution in [3.63, 3.8) is 0 Å². The Labute approximate surface area is 147 Å². The summed E-state index contributed by atoms with van der Waals surface area (Å²) in [7, 11) is 4.58. The van der Waals surface area contributed by atoms with E-state index in [0.717, 1.165) is 13.1 Å². The van der Waals surface area contributed by atoms with E-state index in [4.69, 9.17) is 0 Å². The third-order valence-corrected chi connectivity index (χ3v) is 5.42. The van der Waals surface area contributed by atoms with Crippen LogP contribution in [0.5, 0.6) is 0 Å². The Kier molecular flexibility index (Phi) is 6.06. The molecule has 0 saturated heterocycles. The van der Waals surface area contributed by atoms with Crippen molar-refractivity contribution in [1.29, 1.82) is 0 Å². The molecule has 0 heterocycles.